The van der Waals surface area contributed by atoms with Gasteiger partial charge in [-0.1, -0.05) is 19.9 Å². The monoisotopic (exact) mass is 223 g/mol. The molecule has 0 amide bonds. The summed E-state index contributed by atoms with van der Waals surface area (Å²) in [7, 11) is 0. The van der Waals surface area contributed by atoms with E-state index in [1.165, 1.54) is 10.6 Å². The number of aromatic nitrogens is 1. The van der Waals surface area contributed by atoms with Crippen molar-refractivity contribution in [2.24, 2.45) is 0 Å². The lowest BCUT2D eigenvalue weighted by atomic mass is 10.2. The number of hydrogen-bond acceptors (Lipinski definition) is 3. The molecule has 1 aromatic rings. The van der Waals surface area contributed by atoms with Crippen LogP contribution >= 0.6 is 0 Å². The van der Waals surface area contributed by atoms with E-state index in [9.17, 15) is 9.59 Å². The van der Waals surface area contributed by atoms with Gasteiger partial charge in [0.15, 0.2) is 0 Å². The van der Waals surface area contributed by atoms with Crippen molar-refractivity contribution in [1.82, 2.24) is 4.57 Å². The number of carbonyl (C=O) groups excluding carboxylic acids is 1. The largest absolute Gasteiger partial charge is 0.464 e. The first-order valence-corrected chi connectivity index (χ1v) is 5.54. The second kappa shape index (κ2) is 6.10. The van der Waals surface area contributed by atoms with Gasteiger partial charge in [-0.25, -0.2) is 4.79 Å². The lowest BCUT2D eigenvalue weighted by Crippen LogP contribution is -2.29. The lowest BCUT2D eigenvalue weighted by Gasteiger charge is -2.16. The molecule has 1 rings (SSSR count). The summed E-state index contributed by atoms with van der Waals surface area (Å²) in [4.78, 5) is 23.3. The van der Waals surface area contributed by atoms with Gasteiger partial charge in [0.1, 0.15) is 6.04 Å². The van der Waals surface area contributed by atoms with Crippen molar-refractivity contribution in [1.29, 1.82) is 0 Å². The second-order valence-electron chi connectivity index (χ2n) is 3.54. The van der Waals surface area contributed by atoms with Crippen molar-refractivity contribution in [3.05, 3.63) is 34.7 Å². The topological polar surface area (TPSA) is 48.3 Å². The fourth-order valence-corrected chi connectivity index (χ4v) is 1.47. The highest BCUT2D eigenvalue weighted by molar-refractivity contribution is 5.74. The second-order valence-corrected chi connectivity index (χ2v) is 3.54. The Labute approximate surface area is 94.9 Å². The molecule has 0 fully saturated rings. The number of nitrogens with zero attached hydrogens (tertiary/aromatic N) is 1. The van der Waals surface area contributed by atoms with E-state index < -0.39 is 6.04 Å². The van der Waals surface area contributed by atoms with E-state index in [0.29, 0.717) is 13.0 Å². The van der Waals surface area contributed by atoms with Gasteiger partial charge in [0.05, 0.1) is 6.61 Å². The Morgan fingerprint density at radius 2 is 2.19 bits per heavy atom. The van der Waals surface area contributed by atoms with E-state index >= 15 is 0 Å². The minimum Gasteiger partial charge on any atom is -0.464 e. The molecule has 0 radical (unpaired) electrons. The summed E-state index contributed by atoms with van der Waals surface area (Å²) in [5, 5.41) is 0. The fraction of sp³-hybridized carbons (Fsp3) is 0.500. The van der Waals surface area contributed by atoms with Crippen molar-refractivity contribution < 1.29 is 9.53 Å². The Morgan fingerprint density at radius 3 is 2.75 bits per heavy atom. The van der Waals surface area contributed by atoms with E-state index in [1.54, 1.807) is 18.3 Å². The Morgan fingerprint density at radius 1 is 1.44 bits per heavy atom. The molecule has 1 unspecified atom stereocenters. The number of rotatable bonds is 5. The molecule has 0 aromatic carbocycles. The molecule has 0 saturated heterocycles. The standard InChI is InChI=1S/C12H17NO3/c1-3-9-16-12(15)10(4-2)13-8-6-5-7-11(13)14/h5-8,10H,3-4,9H2,1-2H3. The van der Waals surface area contributed by atoms with Crippen molar-refractivity contribution in [2.45, 2.75) is 32.7 Å². The molecule has 0 spiro atoms. The zero-order valence-corrected chi connectivity index (χ0v) is 9.68. The third-order valence-corrected chi connectivity index (χ3v) is 2.29. The van der Waals surface area contributed by atoms with E-state index in [4.69, 9.17) is 4.74 Å². The molecule has 4 heteroatoms. The highest BCUT2D eigenvalue weighted by atomic mass is 16.5. The first-order chi connectivity index (χ1) is 7.70. The molecule has 0 aliphatic heterocycles. The van der Waals surface area contributed by atoms with E-state index in [-0.39, 0.29) is 11.5 Å². The van der Waals surface area contributed by atoms with E-state index in [0.717, 1.165) is 6.42 Å². The summed E-state index contributed by atoms with van der Waals surface area (Å²) in [6.45, 7) is 4.19. The van der Waals surface area contributed by atoms with Crippen LogP contribution in [0.4, 0.5) is 0 Å². The molecule has 1 heterocycles. The molecule has 4 nitrogen and oxygen atoms in total. The van der Waals surface area contributed by atoms with Crippen LogP contribution < -0.4 is 5.56 Å². The minimum atomic E-state index is -0.514. The lowest BCUT2D eigenvalue weighted by molar-refractivity contribution is -0.147. The van der Waals surface area contributed by atoms with E-state index in [2.05, 4.69) is 0 Å². The van der Waals surface area contributed by atoms with Crippen LogP contribution in [0.3, 0.4) is 0 Å². The van der Waals surface area contributed by atoms with Crippen LogP contribution in [0.15, 0.2) is 29.2 Å². The number of hydrogen-bond donors (Lipinski definition) is 0. The summed E-state index contributed by atoms with van der Waals surface area (Å²) in [5.41, 5.74) is -0.178. The van der Waals surface area contributed by atoms with Crippen LogP contribution in [0, 0.1) is 0 Å². The van der Waals surface area contributed by atoms with Crippen molar-refractivity contribution in [2.75, 3.05) is 6.61 Å². The van der Waals surface area contributed by atoms with Gasteiger partial charge >= 0.3 is 5.97 Å². The first-order valence-electron chi connectivity index (χ1n) is 5.54. The molecular formula is C12H17NO3. The van der Waals surface area contributed by atoms with Crippen molar-refractivity contribution >= 4 is 5.97 Å². The molecule has 88 valence electrons. The molecule has 16 heavy (non-hydrogen) atoms. The summed E-state index contributed by atoms with van der Waals surface area (Å²) < 4.78 is 6.47. The van der Waals surface area contributed by atoms with Crippen molar-refractivity contribution in [3.63, 3.8) is 0 Å². The number of esters is 1. The summed E-state index contributed by atoms with van der Waals surface area (Å²) in [6.07, 6.45) is 2.95. The molecule has 0 bridgehead atoms. The average molecular weight is 223 g/mol. The van der Waals surface area contributed by atoms with Crippen LogP contribution in [0.25, 0.3) is 0 Å². The predicted molar refractivity (Wildman–Crippen MR) is 61.3 cm³/mol. The maximum Gasteiger partial charge on any atom is 0.329 e. The Kier molecular flexibility index (Phi) is 4.76. The molecule has 0 aliphatic rings. The Hall–Kier alpha value is -1.58. The molecule has 1 aromatic heterocycles. The Balaban J connectivity index is 2.86. The minimum absolute atomic E-state index is 0.178. The zero-order valence-electron chi connectivity index (χ0n) is 9.68. The quantitative estimate of drug-likeness (QED) is 0.714. The van der Waals surface area contributed by atoms with Crippen LogP contribution in [-0.4, -0.2) is 17.1 Å². The molecule has 0 saturated carbocycles. The smallest absolute Gasteiger partial charge is 0.329 e. The van der Waals surface area contributed by atoms with Gasteiger partial charge in [0.25, 0.3) is 5.56 Å². The van der Waals surface area contributed by atoms with Crippen LogP contribution in [0.1, 0.15) is 32.7 Å². The fourth-order valence-electron chi connectivity index (χ4n) is 1.47. The zero-order chi connectivity index (χ0) is 12.0. The maximum absolute atomic E-state index is 11.7. The molecule has 1 atom stereocenters. The van der Waals surface area contributed by atoms with Gasteiger partial charge in [-0.15, -0.1) is 0 Å². The third kappa shape index (κ3) is 2.95. The van der Waals surface area contributed by atoms with Gasteiger partial charge in [-0.3, -0.25) is 4.79 Å². The summed E-state index contributed by atoms with van der Waals surface area (Å²) in [6, 6.07) is 4.32. The third-order valence-electron chi connectivity index (χ3n) is 2.29. The van der Waals surface area contributed by atoms with Gasteiger partial charge in [-0.2, -0.15) is 0 Å². The summed E-state index contributed by atoms with van der Waals surface area (Å²) in [5.74, 6) is -0.336. The highest BCUT2D eigenvalue weighted by Crippen LogP contribution is 2.10. The van der Waals surface area contributed by atoms with Crippen molar-refractivity contribution in [3.8, 4) is 0 Å². The maximum atomic E-state index is 11.7. The average Bonchev–Trinajstić information content (AvgIpc) is 2.30. The van der Waals surface area contributed by atoms with Crippen LogP contribution in [0.2, 0.25) is 0 Å². The number of pyridine rings is 1. The SMILES string of the molecule is CCCOC(=O)C(CC)n1ccccc1=O. The molecular weight excluding hydrogens is 206 g/mol. The van der Waals surface area contributed by atoms with Crippen LogP contribution in [-0.2, 0) is 9.53 Å². The number of carbonyl (C=O) groups is 1. The normalized spacial score (nSPS) is 12.1. The molecule has 0 aliphatic carbocycles. The van der Waals surface area contributed by atoms with Gasteiger partial charge in [0, 0.05) is 12.3 Å². The molecule has 0 N–H and O–H groups in total. The first kappa shape index (κ1) is 12.5. The highest BCUT2D eigenvalue weighted by Gasteiger charge is 2.20. The van der Waals surface area contributed by atoms with Gasteiger partial charge in [0.2, 0.25) is 0 Å². The Bertz CT molecular complexity index is 397. The van der Waals surface area contributed by atoms with E-state index in [1.807, 2.05) is 13.8 Å². The summed E-state index contributed by atoms with van der Waals surface area (Å²) >= 11 is 0. The van der Waals surface area contributed by atoms with Gasteiger partial charge < -0.3 is 9.30 Å². The van der Waals surface area contributed by atoms with Crippen LogP contribution in [0.5, 0.6) is 0 Å². The van der Waals surface area contributed by atoms with Gasteiger partial charge in [-0.05, 0) is 18.9 Å². The predicted octanol–water partition coefficient (Wildman–Crippen LogP) is 1.75. The number of ether oxygens (including phenoxy) is 1.